The summed E-state index contributed by atoms with van der Waals surface area (Å²) >= 11 is 0. The van der Waals surface area contributed by atoms with Crippen LogP contribution in [-0.4, -0.2) is 25.8 Å². The molecule has 3 aromatic heterocycles. The van der Waals surface area contributed by atoms with Crippen LogP contribution in [0.5, 0.6) is 0 Å². The summed E-state index contributed by atoms with van der Waals surface area (Å²) in [7, 11) is 0. The molecule has 0 spiro atoms. The first-order valence-electron chi connectivity index (χ1n) is 16.2. The molecule has 6 heteroatoms. The van der Waals surface area contributed by atoms with Gasteiger partial charge in [-0.05, 0) is 77.7 Å². The number of aromatic amines is 2. The number of carbonyl (C=O) groups excluding carboxylic acids is 1. The van der Waals surface area contributed by atoms with Crippen molar-refractivity contribution in [3.05, 3.63) is 150 Å². The van der Waals surface area contributed by atoms with Gasteiger partial charge in [0.1, 0.15) is 0 Å². The molecule has 3 N–H and O–H groups in total. The lowest BCUT2D eigenvalue weighted by molar-refractivity contribution is -0.117. The molecule has 0 fully saturated rings. The molecule has 0 saturated heterocycles. The Morgan fingerprint density at radius 3 is 1.88 bits per heavy atom. The zero-order valence-electron chi connectivity index (χ0n) is 26.4. The number of fused-ring (bicyclic) bond motifs is 8. The Kier molecular flexibility index (Phi) is 7.59. The van der Waals surface area contributed by atoms with E-state index in [1.54, 1.807) is 0 Å². The second-order valence-corrected chi connectivity index (χ2v) is 11.9. The van der Waals surface area contributed by atoms with Gasteiger partial charge >= 0.3 is 0 Å². The lowest BCUT2D eigenvalue weighted by Crippen LogP contribution is -2.21. The van der Waals surface area contributed by atoms with E-state index in [0.717, 1.165) is 67.0 Å². The van der Waals surface area contributed by atoms with Crippen molar-refractivity contribution in [2.75, 3.05) is 5.32 Å². The van der Waals surface area contributed by atoms with E-state index in [4.69, 9.17) is 9.97 Å². The molecule has 1 atom stereocenters. The highest BCUT2D eigenvalue weighted by Gasteiger charge is 2.22. The molecule has 232 valence electrons. The summed E-state index contributed by atoms with van der Waals surface area (Å²) in [6.07, 6.45) is 8.77. The Morgan fingerprint density at radius 1 is 0.625 bits per heavy atom. The lowest BCUT2D eigenvalue weighted by atomic mass is 9.95. The first-order chi connectivity index (χ1) is 23.6. The number of hydrogen-bond donors (Lipinski definition) is 3. The monoisotopic (exact) mass is 623 g/mol. The topological polar surface area (TPSA) is 86.5 Å². The molecular weight excluding hydrogens is 590 g/mol. The predicted molar refractivity (Wildman–Crippen MR) is 198 cm³/mol. The van der Waals surface area contributed by atoms with E-state index >= 15 is 0 Å². The van der Waals surface area contributed by atoms with Crippen molar-refractivity contribution < 1.29 is 4.79 Å². The minimum atomic E-state index is -0.318. The second-order valence-electron chi connectivity index (χ2n) is 11.9. The van der Waals surface area contributed by atoms with Gasteiger partial charge < -0.3 is 15.3 Å². The Morgan fingerprint density at radius 2 is 1.19 bits per heavy atom. The van der Waals surface area contributed by atoms with Crippen LogP contribution < -0.4 is 5.32 Å². The number of amides is 1. The van der Waals surface area contributed by atoms with E-state index in [1.165, 1.54) is 0 Å². The number of carbonyl (C=O) groups is 1. The highest BCUT2D eigenvalue weighted by molar-refractivity contribution is 6.03. The minimum absolute atomic E-state index is 0.0831. The zero-order chi connectivity index (χ0) is 32.5. The van der Waals surface area contributed by atoms with Gasteiger partial charge in [-0.25, -0.2) is 9.97 Å². The summed E-state index contributed by atoms with van der Waals surface area (Å²) in [5, 5.41) is 3.31. The van der Waals surface area contributed by atoms with Crippen molar-refractivity contribution in [3.8, 4) is 22.3 Å². The van der Waals surface area contributed by atoms with E-state index in [0.29, 0.717) is 17.8 Å². The van der Waals surface area contributed by atoms with Gasteiger partial charge in [-0.3, -0.25) is 4.79 Å². The Bertz CT molecular complexity index is 2330. The Balaban J connectivity index is 1.43. The molecule has 0 aliphatic carbocycles. The number of hydrogen-bond acceptors (Lipinski definition) is 3. The Labute approximate surface area is 278 Å². The molecule has 8 bridgehead atoms. The van der Waals surface area contributed by atoms with Crippen LogP contribution in [0, 0.1) is 0 Å². The van der Waals surface area contributed by atoms with E-state index in [1.807, 2.05) is 97.9 Å². The number of aromatic nitrogens is 4. The molecule has 1 unspecified atom stereocenters. The summed E-state index contributed by atoms with van der Waals surface area (Å²) in [5.41, 5.74) is 12.3. The SMILES string of the molecule is CCC(C(=O)Nc1c2nc(c(-c3ccccc3)c3ccc(cc4nc(c(-c5ccccc5)c5ccc1[nH]5)C=C4)[nH]3)C=C2)c1ccccc1. The number of nitrogens with zero attached hydrogens (tertiary/aromatic N) is 2. The number of anilines is 1. The first-order valence-corrected chi connectivity index (χ1v) is 16.2. The molecule has 0 saturated carbocycles. The van der Waals surface area contributed by atoms with Gasteiger partial charge in [0.2, 0.25) is 5.91 Å². The maximum Gasteiger partial charge on any atom is 0.232 e. The third-order valence-corrected chi connectivity index (χ3v) is 8.88. The fourth-order valence-electron chi connectivity index (χ4n) is 6.56. The quantitative estimate of drug-likeness (QED) is 0.172. The van der Waals surface area contributed by atoms with Crippen molar-refractivity contribution in [2.24, 2.45) is 0 Å². The van der Waals surface area contributed by atoms with Crippen molar-refractivity contribution in [1.29, 1.82) is 0 Å². The molecule has 2 aliphatic heterocycles. The van der Waals surface area contributed by atoms with Gasteiger partial charge in [-0.15, -0.1) is 0 Å². The van der Waals surface area contributed by atoms with Gasteiger partial charge in [0.15, 0.2) is 0 Å². The highest BCUT2D eigenvalue weighted by atomic mass is 16.1. The number of rotatable bonds is 6. The average Bonchev–Trinajstić information content (AvgIpc) is 3.96. The van der Waals surface area contributed by atoms with E-state index in [2.05, 4.69) is 69.9 Å². The fraction of sp³-hybridized carbons (Fsp3) is 0.0714. The summed E-state index contributed by atoms with van der Waals surface area (Å²) < 4.78 is 0. The molecular formula is C42H33N5O. The fourth-order valence-corrected chi connectivity index (χ4v) is 6.56. The van der Waals surface area contributed by atoms with Crippen LogP contribution in [0.1, 0.15) is 47.6 Å². The highest BCUT2D eigenvalue weighted by Crippen LogP contribution is 2.35. The van der Waals surface area contributed by atoms with Crippen LogP contribution >= 0.6 is 0 Å². The van der Waals surface area contributed by atoms with Crippen LogP contribution in [0.4, 0.5) is 5.69 Å². The molecule has 48 heavy (non-hydrogen) atoms. The van der Waals surface area contributed by atoms with Crippen molar-refractivity contribution >= 4 is 58.0 Å². The lowest BCUT2D eigenvalue weighted by Gasteiger charge is -2.16. The molecule has 0 radical (unpaired) electrons. The third kappa shape index (κ3) is 5.54. The summed E-state index contributed by atoms with van der Waals surface area (Å²) in [6, 6.07) is 40.7. The second kappa shape index (κ2) is 12.5. The van der Waals surface area contributed by atoms with Crippen LogP contribution in [0.3, 0.4) is 0 Å². The Hall–Kier alpha value is -6.27. The van der Waals surface area contributed by atoms with E-state index in [-0.39, 0.29) is 11.8 Å². The van der Waals surface area contributed by atoms with Gasteiger partial charge in [0.25, 0.3) is 0 Å². The standard InChI is InChI=1S/C42H33N5O/c1-2-32(27-12-6-3-7-13-27)42(48)47-41-37-24-22-35(45-37)39(28-14-8-4-9-15-28)33-20-18-30(43-33)26-31-19-21-34(44-31)40(29-16-10-5-11-17-29)36-23-25-38(41)46-36/h3-26,32,43,46H,2H2,1H3,(H,47,48). The normalized spacial score (nSPS) is 12.6. The maximum absolute atomic E-state index is 14.1. The number of nitrogens with one attached hydrogen (secondary N) is 3. The molecule has 6 nitrogen and oxygen atoms in total. The maximum atomic E-state index is 14.1. The van der Waals surface area contributed by atoms with E-state index in [9.17, 15) is 4.79 Å². The minimum Gasteiger partial charge on any atom is -0.355 e. The van der Waals surface area contributed by atoms with Gasteiger partial charge in [0.05, 0.1) is 39.9 Å². The average molecular weight is 624 g/mol. The van der Waals surface area contributed by atoms with Crippen molar-refractivity contribution in [1.82, 2.24) is 19.9 Å². The molecule has 1 amide bonds. The number of H-pyrrole nitrogens is 2. The smallest absolute Gasteiger partial charge is 0.232 e. The zero-order valence-corrected chi connectivity index (χ0v) is 26.4. The van der Waals surface area contributed by atoms with Crippen molar-refractivity contribution in [2.45, 2.75) is 19.3 Å². The van der Waals surface area contributed by atoms with Gasteiger partial charge in [0, 0.05) is 27.7 Å². The summed E-state index contributed by atoms with van der Waals surface area (Å²) in [4.78, 5) is 31.6. The third-order valence-electron chi connectivity index (χ3n) is 8.88. The molecule has 3 aromatic carbocycles. The van der Waals surface area contributed by atoms with Crippen LogP contribution in [0.25, 0.3) is 68.6 Å². The molecule has 5 heterocycles. The van der Waals surface area contributed by atoms with Crippen LogP contribution in [0.15, 0.2) is 121 Å². The van der Waals surface area contributed by atoms with E-state index < -0.39 is 0 Å². The molecule has 2 aliphatic rings. The summed E-state index contributed by atoms with van der Waals surface area (Å²) in [6.45, 7) is 2.04. The molecule has 6 aromatic rings. The first kappa shape index (κ1) is 29.2. The number of benzene rings is 3. The van der Waals surface area contributed by atoms with Gasteiger partial charge in [-0.2, -0.15) is 0 Å². The largest absolute Gasteiger partial charge is 0.355 e. The van der Waals surface area contributed by atoms with Crippen LogP contribution in [-0.2, 0) is 4.79 Å². The molecule has 8 rings (SSSR count). The van der Waals surface area contributed by atoms with Crippen molar-refractivity contribution in [3.63, 3.8) is 0 Å². The predicted octanol–water partition coefficient (Wildman–Crippen LogP) is 10.1. The van der Waals surface area contributed by atoms with Crippen LogP contribution in [0.2, 0.25) is 0 Å². The van der Waals surface area contributed by atoms with Gasteiger partial charge in [-0.1, -0.05) is 97.9 Å². The summed E-state index contributed by atoms with van der Waals surface area (Å²) in [5.74, 6) is -0.401.